The first kappa shape index (κ1) is 27.9. The van der Waals surface area contributed by atoms with Crippen molar-refractivity contribution in [2.24, 2.45) is 12.5 Å². The zero-order chi connectivity index (χ0) is 30.7. The summed E-state index contributed by atoms with van der Waals surface area (Å²) < 4.78 is 22.8. The minimum Gasteiger partial charge on any atom is -0.451 e. The van der Waals surface area contributed by atoms with Crippen molar-refractivity contribution in [3.05, 3.63) is 93.9 Å². The van der Waals surface area contributed by atoms with E-state index in [-0.39, 0.29) is 16.9 Å². The average Bonchev–Trinajstić information content (AvgIpc) is 3.51. The number of pyridine rings is 1. The third-order valence-electron chi connectivity index (χ3n) is 9.90. The van der Waals surface area contributed by atoms with Gasteiger partial charge in [-0.1, -0.05) is 18.2 Å². The lowest BCUT2D eigenvalue weighted by molar-refractivity contribution is -0.115. The molecule has 0 radical (unpaired) electrons. The molecule has 3 fully saturated rings. The lowest BCUT2D eigenvalue weighted by Gasteiger charge is -2.26. The van der Waals surface area contributed by atoms with Gasteiger partial charge in [-0.25, -0.2) is 14.4 Å². The molecule has 2 aromatic carbocycles. The SMILES string of the molecule is Cn1c(-c2cc(F)ccc2Oc2cncnc2N2CCC3(CCN(Cc4ccc5c(c4)NC(=O)C5)C3)C2)c(C2CC2)ccc1=O. The van der Waals surface area contributed by atoms with Gasteiger partial charge in [0, 0.05) is 56.0 Å². The van der Waals surface area contributed by atoms with Crippen molar-refractivity contribution in [3.8, 4) is 22.8 Å². The molecular weight excluding hydrogens is 571 g/mol. The summed E-state index contributed by atoms with van der Waals surface area (Å²) >= 11 is 0. The quantitative estimate of drug-likeness (QED) is 0.307. The van der Waals surface area contributed by atoms with E-state index in [4.69, 9.17) is 4.74 Å². The van der Waals surface area contributed by atoms with Gasteiger partial charge in [-0.3, -0.25) is 14.5 Å². The van der Waals surface area contributed by atoms with Crippen LogP contribution in [0.4, 0.5) is 15.9 Å². The predicted molar refractivity (Wildman–Crippen MR) is 169 cm³/mol. The first-order valence-electron chi connectivity index (χ1n) is 15.7. The number of amides is 1. The van der Waals surface area contributed by atoms with Crippen LogP contribution in [0.2, 0.25) is 0 Å². The van der Waals surface area contributed by atoms with Crippen LogP contribution in [0.25, 0.3) is 11.3 Å². The zero-order valence-corrected chi connectivity index (χ0v) is 25.3. The van der Waals surface area contributed by atoms with Crippen LogP contribution in [0.1, 0.15) is 48.3 Å². The summed E-state index contributed by atoms with van der Waals surface area (Å²) in [5.74, 6) is 1.71. The standard InChI is InChI=1S/C35H35FN6O3/c1-40-32(44)9-7-26(23-4-5-23)33(40)27-16-25(36)6-8-29(27)45-30-17-37-21-38-34(30)42-13-11-35(20-42)10-12-41(19-35)18-22-2-3-24-15-31(43)39-28(24)14-22/h2-3,6-9,14,16-17,21,23H,4-5,10-13,15,18-20H2,1H3,(H,39,43). The molecule has 8 rings (SSSR count). The normalized spacial score (nSPS) is 21.0. The molecule has 1 aliphatic carbocycles. The van der Waals surface area contributed by atoms with Crippen molar-refractivity contribution in [2.45, 2.75) is 44.6 Å². The Hall–Kier alpha value is -4.57. The molecule has 1 saturated carbocycles. The third kappa shape index (κ3) is 5.27. The number of ether oxygens (including phenoxy) is 1. The molecule has 3 aliphatic heterocycles. The number of benzene rings is 2. The summed E-state index contributed by atoms with van der Waals surface area (Å²) in [4.78, 5) is 38.2. The fourth-order valence-corrected chi connectivity index (χ4v) is 7.46. The molecule has 2 saturated heterocycles. The smallest absolute Gasteiger partial charge is 0.250 e. The largest absolute Gasteiger partial charge is 0.451 e. The third-order valence-corrected chi connectivity index (χ3v) is 9.90. The maximum atomic E-state index is 14.7. The lowest BCUT2D eigenvalue weighted by Crippen LogP contribution is -2.31. The van der Waals surface area contributed by atoms with Gasteiger partial charge in [0.1, 0.15) is 17.9 Å². The second-order valence-corrected chi connectivity index (χ2v) is 13.1. The molecule has 1 atom stereocenters. The highest BCUT2D eigenvalue weighted by molar-refractivity contribution is 5.99. The van der Waals surface area contributed by atoms with E-state index in [0.717, 1.165) is 75.2 Å². The lowest BCUT2D eigenvalue weighted by atomic mass is 9.86. The predicted octanol–water partition coefficient (Wildman–Crippen LogP) is 5.25. The van der Waals surface area contributed by atoms with Gasteiger partial charge < -0.3 is 19.5 Å². The van der Waals surface area contributed by atoms with Crippen molar-refractivity contribution < 1.29 is 13.9 Å². The molecule has 1 N–H and O–H groups in total. The van der Waals surface area contributed by atoms with Gasteiger partial charge >= 0.3 is 0 Å². The molecular formula is C35H35FN6O3. The highest BCUT2D eigenvalue weighted by Crippen LogP contribution is 2.47. The van der Waals surface area contributed by atoms with Crippen LogP contribution in [-0.4, -0.2) is 51.5 Å². The molecule has 1 amide bonds. The molecule has 230 valence electrons. The molecule has 2 aromatic heterocycles. The monoisotopic (exact) mass is 606 g/mol. The van der Waals surface area contributed by atoms with Crippen LogP contribution >= 0.6 is 0 Å². The molecule has 10 heteroatoms. The van der Waals surface area contributed by atoms with E-state index < -0.39 is 5.82 Å². The Morgan fingerprint density at radius 3 is 2.76 bits per heavy atom. The van der Waals surface area contributed by atoms with Crippen LogP contribution in [-0.2, 0) is 24.8 Å². The van der Waals surface area contributed by atoms with Gasteiger partial charge in [0.05, 0.1) is 18.3 Å². The Labute approximate surface area is 260 Å². The van der Waals surface area contributed by atoms with Crippen molar-refractivity contribution in [3.63, 3.8) is 0 Å². The molecule has 45 heavy (non-hydrogen) atoms. The van der Waals surface area contributed by atoms with Crippen LogP contribution < -0.4 is 20.5 Å². The topological polar surface area (TPSA) is 92.6 Å². The Kier molecular flexibility index (Phi) is 6.71. The van der Waals surface area contributed by atoms with E-state index in [1.165, 1.54) is 17.7 Å². The molecule has 1 spiro atoms. The van der Waals surface area contributed by atoms with Crippen molar-refractivity contribution in [2.75, 3.05) is 36.4 Å². The summed E-state index contributed by atoms with van der Waals surface area (Å²) in [6.07, 6.45) is 7.91. The van der Waals surface area contributed by atoms with Gasteiger partial charge in [0.2, 0.25) is 5.91 Å². The van der Waals surface area contributed by atoms with Gasteiger partial charge in [-0.15, -0.1) is 0 Å². The van der Waals surface area contributed by atoms with E-state index in [9.17, 15) is 14.0 Å². The second kappa shape index (κ2) is 10.8. The summed E-state index contributed by atoms with van der Waals surface area (Å²) in [5.41, 5.74) is 5.49. The van der Waals surface area contributed by atoms with Crippen molar-refractivity contribution >= 4 is 17.4 Å². The van der Waals surface area contributed by atoms with E-state index in [1.807, 2.05) is 6.07 Å². The summed E-state index contributed by atoms with van der Waals surface area (Å²) in [6.45, 7) is 4.56. The number of aromatic nitrogens is 3. The van der Waals surface area contributed by atoms with Crippen LogP contribution in [0.5, 0.6) is 11.5 Å². The van der Waals surface area contributed by atoms with Crippen LogP contribution in [0.15, 0.2) is 65.8 Å². The number of rotatable bonds is 7. The number of halogens is 1. The highest BCUT2D eigenvalue weighted by Gasteiger charge is 2.44. The Morgan fingerprint density at radius 2 is 1.89 bits per heavy atom. The first-order chi connectivity index (χ1) is 21.8. The fraction of sp³-hybridized carbons (Fsp3) is 0.371. The number of carbonyl (C=O) groups is 1. The van der Waals surface area contributed by atoms with Gasteiger partial charge in [0.25, 0.3) is 5.56 Å². The average molecular weight is 607 g/mol. The van der Waals surface area contributed by atoms with Gasteiger partial charge in [0.15, 0.2) is 11.6 Å². The maximum absolute atomic E-state index is 14.7. The molecule has 1 unspecified atom stereocenters. The number of nitrogens with zero attached hydrogens (tertiary/aromatic N) is 5. The number of likely N-dealkylation sites (tertiary alicyclic amines) is 1. The van der Waals surface area contributed by atoms with Crippen molar-refractivity contribution in [1.82, 2.24) is 19.4 Å². The maximum Gasteiger partial charge on any atom is 0.250 e. The molecule has 9 nitrogen and oxygen atoms in total. The number of nitrogens with one attached hydrogen (secondary N) is 1. The summed E-state index contributed by atoms with van der Waals surface area (Å²) in [7, 11) is 1.73. The molecule has 5 heterocycles. The van der Waals surface area contributed by atoms with Crippen LogP contribution in [0, 0.1) is 11.2 Å². The van der Waals surface area contributed by atoms with Gasteiger partial charge in [-0.2, -0.15) is 0 Å². The Balaban J connectivity index is 1.02. The Morgan fingerprint density at radius 1 is 1.02 bits per heavy atom. The van der Waals surface area contributed by atoms with E-state index >= 15 is 0 Å². The highest BCUT2D eigenvalue weighted by atomic mass is 19.1. The molecule has 4 aromatic rings. The summed E-state index contributed by atoms with van der Waals surface area (Å²) in [6, 6.07) is 14.2. The second-order valence-electron chi connectivity index (χ2n) is 13.1. The fourth-order valence-electron chi connectivity index (χ4n) is 7.46. The molecule has 4 aliphatic rings. The van der Waals surface area contributed by atoms with E-state index in [2.05, 4.69) is 43.3 Å². The van der Waals surface area contributed by atoms with Crippen LogP contribution in [0.3, 0.4) is 0 Å². The minimum atomic E-state index is -0.392. The van der Waals surface area contributed by atoms with Crippen molar-refractivity contribution in [1.29, 1.82) is 0 Å². The first-order valence-corrected chi connectivity index (χ1v) is 15.7. The number of anilines is 2. The minimum absolute atomic E-state index is 0.0609. The van der Waals surface area contributed by atoms with E-state index in [1.54, 1.807) is 36.3 Å². The summed E-state index contributed by atoms with van der Waals surface area (Å²) in [5, 5.41) is 2.97. The van der Waals surface area contributed by atoms with Gasteiger partial charge in [-0.05, 0) is 79.1 Å². The zero-order valence-electron chi connectivity index (χ0n) is 25.3. The number of carbonyl (C=O) groups excluding carboxylic acids is 1. The number of hydrogen-bond acceptors (Lipinski definition) is 7. The Bertz CT molecular complexity index is 1890. The number of fused-ring (bicyclic) bond motifs is 1. The van der Waals surface area contributed by atoms with E-state index in [0.29, 0.717) is 40.9 Å². The number of hydrogen-bond donors (Lipinski definition) is 1. The molecule has 0 bridgehead atoms.